The van der Waals surface area contributed by atoms with Crippen molar-refractivity contribution in [1.82, 2.24) is 10.2 Å². The Morgan fingerprint density at radius 1 is 1.67 bits per heavy atom. The van der Waals surface area contributed by atoms with Crippen LogP contribution in [0.15, 0.2) is 15.9 Å². The number of hydrogen-bond donors (Lipinski definition) is 2. The first kappa shape index (κ1) is 16.3. The number of rotatable bonds is 4. The Kier molecular flexibility index (Phi) is 4.90. The highest BCUT2D eigenvalue weighted by atomic mass is 79.9. The van der Waals surface area contributed by atoms with E-state index in [1.165, 1.54) is 4.90 Å². The van der Waals surface area contributed by atoms with Gasteiger partial charge in [-0.05, 0) is 28.9 Å². The number of hydrogen-bond acceptors (Lipinski definition) is 4. The van der Waals surface area contributed by atoms with E-state index in [2.05, 4.69) is 21.2 Å². The number of halogens is 1. The zero-order valence-electron chi connectivity index (χ0n) is 11.8. The van der Waals surface area contributed by atoms with Gasteiger partial charge in [0.2, 0.25) is 0 Å². The number of thiophene rings is 1. The van der Waals surface area contributed by atoms with Crippen molar-refractivity contribution >= 4 is 39.3 Å². The van der Waals surface area contributed by atoms with Gasteiger partial charge in [-0.2, -0.15) is 0 Å². The van der Waals surface area contributed by atoms with Crippen LogP contribution in [0.4, 0.5) is 4.79 Å². The molecule has 1 aromatic rings. The minimum absolute atomic E-state index is 0.106. The van der Waals surface area contributed by atoms with Gasteiger partial charge in [-0.15, -0.1) is 11.3 Å². The van der Waals surface area contributed by atoms with Gasteiger partial charge in [-0.25, -0.2) is 4.79 Å². The fourth-order valence-corrected chi connectivity index (χ4v) is 3.59. The highest BCUT2D eigenvalue weighted by Crippen LogP contribution is 2.29. The second-order valence-electron chi connectivity index (χ2n) is 5.33. The number of ether oxygens (including phenoxy) is 1. The number of urea groups is 1. The third-order valence-corrected chi connectivity index (χ3v) is 5.29. The van der Waals surface area contributed by atoms with E-state index in [1.807, 2.05) is 11.4 Å². The smallest absolute Gasteiger partial charge is 0.317 e. The maximum Gasteiger partial charge on any atom is 0.317 e. The molecule has 0 spiro atoms. The number of carboxylic acid groups (broad SMARTS) is 1. The molecule has 0 aliphatic carbocycles. The SMILES string of the molecule is CN(Cc1cc(Br)cs1)C(=O)NC1COCC1(C)C(=O)O. The third-order valence-electron chi connectivity index (χ3n) is 3.60. The highest BCUT2D eigenvalue weighted by Gasteiger charge is 2.47. The minimum atomic E-state index is -1.08. The Bertz CT molecular complexity index is 550. The molecule has 2 heterocycles. The summed E-state index contributed by atoms with van der Waals surface area (Å²) in [5.74, 6) is -0.963. The van der Waals surface area contributed by atoms with Gasteiger partial charge in [-0.3, -0.25) is 4.79 Å². The molecule has 21 heavy (non-hydrogen) atoms. The molecule has 1 saturated heterocycles. The molecule has 2 rings (SSSR count). The van der Waals surface area contributed by atoms with Crippen molar-refractivity contribution in [1.29, 1.82) is 0 Å². The molecule has 1 aromatic heterocycles. The molecule has 116 valence electrons. The van der Waals surface area contributed by atoms with Crippen molar-refractivity contribution in [3.63, 3.8) is 0 Å². The molecule has 2 unspecified atom stereocenters. The lowest BCUT2D eigenvalue weighted by molar-refractivity contribution is -0.148. The lowest BCUT2D eigenvalue weighted by atomic mass is 9.85. The van der Waals surface area contributed by atoms with Crippen LogP contribution < -0.4 is 5.32 Å². The number of carbonyl (C=O) groups is 2. The molecule has 0 radical (unpaired) electrons. The maximum atomic E-state index is 12.2. The summed E-state index contributed by atoms with van der Waals surface area (Å²) in [5.41, 5.74) is -1.08. The van der Waals surface area contributed by atoms with Crippen LogP contribution in [0.5, 0.6) is 0 Å². The molecule has 0 aromatic carbocycles. The Labute approximate surface area is 135 Å². The van der Waals surface area contributed by atoms with Gasteiger partial charge < -0.3 is 20.1 Å². The van der Waals surface area contributed by atoms with E-state index in [0.717, 1.165) is 9.35 Å². The molecule has 2 atom stereocenters. The summed E-state index contributed by atoms with van der Waals surface area (Å²) in [6.07, 6.45) is 0. The van der Waals surface area contributed by atoms with Crippen LogP contribution in [0.25, 0.3) is 0 Å². The van der Waals surface area contributed by atoms with E-state index in [0.29, 0.717) is 6.54 Å². The summed E-state index contributed by atoms with van der Waals surface area (Å²) >= 11 is 4.93. The van der Waals surface area contributed by atoms with E-state index in [9.17, 15) is 14.7 Å². The topological polar surface area (TPSA) is 78.9 Å². The number of nitrogens with zero attached hydrogens (tertiary/aromatic N) is 1. The second-order valence-corrected chi connectivity index (χ2v) is 7.24. The van der Waals surface area contributed by atoms with Crippen molar-refractivity contribution in [3.8, 4) is 0 Å². The Morgan fingerprint density at radius 2 is 2.38 bits per heavy atom. The van der Waals surface area contributed by atoms with Crippen molar-refractivity contribution < 1.29 is 19.4 Å². The molecular weight excluding hydrogens is 360 g/mol. The molecular formula is C13H17BrN2O4S. The van der Waals surface area contributed by atoms with Crippen LogP contribution in [0, 0.1) is 5.41 Å². The Hall–Kier alpha value is -1.12. The number of carboxylic acids is 1. The lowest BCUT2D eigenvalue weighted by Crippen LogP contribution is -2.52. The predicted octanol–water partition coefficient (Wildman–Crippen LogP) is 2.14. The Morgan fingerprint density at radius 3 is 2.95 bits per heavy atom. The minimum Gasteiger partial charge on any atom is -0.481 e. The van der Waals surface area contributed by atoms with Gasteiger partial charge >= 0.3 is 12.0 Å². The van der Waals surface area contributed by atoms with Crippen molar-refractivity contribution in [2.24, 2.45) is 5.41 Å². The average Bonchev–Trinajstić information content (AvgIpc) is 2.97. The molecule has 8 heteroatoms. The van der Waals surface area contributed by atoms with Crippen LogP contribution in [-0.4, -0.2) is 48.3 Å². The van der Waals surface area contributed by atoms with E-state index in [1.54, 1.807) is 25.3 Å². The Balaban J connectivity index is 1.96. The maximum absolute atomic E-state index is 12.2. The van der Waals surface area contributed by atoms with Crippen molar-refractivity contribution in [2.45, 2.75) is 19.5 Å². The van der Waals surface area contributed by atoms with Gasteiger partial charge in [0.05, 0.1) is 25.8 Å². The zero-order valence-corrected chi connectivity index (χ0v) is 14.2. The van der Waals surface area contributed by atoms with E-state index in [4.69, 9.17) is 4.74 Å². The van der Waals surface area contributed by atoms with Crippen molar-refractivity contribution in [3.05, 3.63) is 20.8 Å². The molecule has 0 saturated carbocycles. The summed E-state index contributed by atoms with van der Waals surface area (Å²) in [7, 11) is 1.68. The van der Waals surface area contributed by atoms with Crippen LogP contribution in [0.1, 0.15) is 11.8 Å². The molecule has 1 aliphatic heterocycles. The zero-order chi connectivity index (χ0) is 15.6. The van der Waals surface area contributed by atoms with Crippen molar-refractivity contribution in [2.75, 3.05) is 20.3 Å². The quantitative estimate of drug-likeness (QED) is 0.843. The summed E-state index contributed by atoms with van der Waals surface area (Å²) in [6, 6.07) is 1.12. The molecule has 0 bridgehead atoms. The lowest BCUT2D eigenvalue weighted by Gasteiger charge is -2.27. The third kappa shape index (κ3) is 3.56. The van der Waals surface area contributed by atoms with Gasteiger partial charge in [0.25, 0.3) is 0 Å². The van der Waals surface area contributed by atoms with Crippen LogP contribution in [-0.2, 0) is 16.1 Å². The van der Waals surface area contributed by atoms with Gasteiger partial charge in [0.1, 0.15) is 5.41 Å². The van der Waals surface area contributed by atoms with Gasteiger partial charge in [-0.1, -0.05) is 0 Å². The summed E-state index contributed by atoms with van der Waals surface area (Å²) in [6.45, 7) is 2.38. The monoisotopic (exact) mass is 376 g/mol. The second kappa shape index (κ2) is 6.33. The molecule has 1 aliphatic rings. The average molecular weight is 377 g/mol. The van der Waals surface area contributed by atoms with E-state index in [-0.39, 0.29) is 19.2 Å². The summed E-state index contributed by atoms with van der Waals surface area (Å²) in [4.78, 5) is 26.1. The summed E-state index contributed by atoms with van der Waals surface area (Å²) < 4.78 is 6.20. The van der Waals surface area contributed by atoms with E-state index < -0.39 is 17.4 Å². The molecule has 2 amide bonds. The van der Waals surface area contributed by atoms with Crippen LogP contribution >= 0.6 is 27.3 Å². The first-order valence-corrected chi connectivity index (χ1v) is 8.06. The highest BCUT2D eigenvalue weighted by molar-refractivity contribution is 9.10. The summed E-state index contributed by atoms with van der Waals surface area (Å²) in [5, 5.41) is 14.0. The first-order valence-electron chi connectivity index (χ1n) is 6.38. The normalized spacial score (nSPS) is 24.8. The fraction of sp³-hybridized carbons (Fsp3) is 0.538. The number of aliphatic carboxylic acids is 1. The van der Waals surface area contributed by atoms with Gasteiger partial charge in [0.15, 0.2) is 0 Å². The largest absolute Gasteiger partial charge is 0.481 e. The van der Waals surface area contributed by atoms with Crippen LogP contribution in [0.3, 0.4) is 0 Å². The first-order chi connectivity index (χ1) is 9.83. The van der Waals surface area contributed by atoms with E-state index >= 15 is 0 Å². The number of amides is 2. The number of nitrogens with one attached hydrogen (secondary N) is 1. The van der Waals surface area contributed by atoms with Gasteiger partial charge in [0, 0.05) is 21.8 Å². The standard InChI is InChI=1S/C13H17BrN2O4S/c1-13(11(17)18)7-20-5-10(13)15-12(19)16(2)4-9-3-8(14)6-21-9/h3,6,10H,4-5,7H2,1-2H3,(H,15,19)(H,17,18). The fourth-order valence-electron chi connectivity index (χ4n) is 2.09. The molecule has 2 N–H and O–H groups in total. The molecule has 1 fully saturated rings. The predicted molar refractivity (Wildman–Crippen MR) is 82.4 cm³/mol. The molecule has 6 nitrogen and oxygen atoms in total. The van der Waals surface area contributed by atoms with Crippen LogP contribution in [0.2, 0.25) is 0 Å². The number of carbonyl (C=O) groups excluding carboxylic acids is 1.